The van der Waals surface area contributed by atoms with Gasteiger partial charge in [0.2, 0.25) is 11.8 Å². The molecule has 12 N–H and O–H groups in total. The van der Waals surface area contributed by atoms with Crippen molar-refractivity contribution in [1.29, 1.82) is 0 Å². The second-order valence-corrected chi connectivity index (χ2v) is 28.4. The summed E-state index contributed by atoms with van der Waals surface area (Å²) in [5.74, 6) is -12.0. The third kappa shape index (κ3) is 24.8. The van der Waals surface area contributed by atoms with Crippen molar-refractivity contribution in [2.45, 2.75) is 112 Å². The summed E-state index contributed by atoms with van der Waals surface area (Å²) in [6.07, 6.45) is -15.1. The number of carbonyl (C=O) groups excluding carboxylic acids is 8. The van der Waals surface area contributed by atoms with Crippen LogP contribution in [-0.2, 0) is 47.6 Å². The average Bonchev–Trinajstić information content (AvgIpc) is 0.765. The second kappa shape index (κ2) is 42.9. The van der Waals surface area contributed by atoms with Crippen molar-refractivity contribution in [1.82, 2.24) is 31.9 Å². The number of thioether (sulfide) groups is 2. The van der Waals surface area contributed by atoms with E-state index >= 15 is 0 Å². The molecule has 28 nitrogen and oxygen atoms in total. The predicted molar refractivity (Wildman–Crippen MR) is 406 cm³/mol. The molecule has 7 aromatic carbocycles. The zero-order chi connectivity index (χ0) is 78.7. The molecular formula is C80H88N6NaO22S2+. The monoisotopic (exact) mass is 1570 g/mol. The zero-order valence-electron chi connectivity index (χ0n) is 61.2. The first-order chi connectivity index (χ1) is 52.9. The van der Waals surface area contributed by atoms with Crippen LogP contribution in [-0.4, -0.2) is 225 Å². The number of hydrogen-bond donors (Lipinski definition) is 12. The minimum absolute atomic E-state index is 0. The number of hydrogen-bond acceptors (Lipinski definition) is 22. The third-order valence-electron chi connectivity index (χ3n) is 18.0. The van der Waals surface area contributed by atoms with Crippen molar-refractivity contribution in [3.8, 4) is 22.3 Å². The zero-order valence-corrected chi connectivity index (χ0v) is 64.8. The van der Waals surface area contributed by atoms with Crippen molar-refractivity contribution < 1.29 is 137 Å². The molecule has 0 radical (unpaired) electrons. The molecule has 2 unspecified atom stereocenters. The summed E-state index contributed by atoms with van der Waals surface area (Å²) in [4.78, 5) is 132. The van der Waals surface area contributed by atoms with Crippen molar-refractivity contribution in [2.75, 3.05) is 62.4 Å². The molecule has 12 atom stereocenters. The van der Waals surface area contributed by atoms with Gasteiger partial charge in [0, 0.05) is 73.8 Å². The molecule has 2 saturated heterocycles. The number of carboxylic acids is 2. The maximum absolute atomic E-state index is 13.5. The van der Waals surface area contributed by atoms with E-state index in [-0.39, 0.29) is 102 Å². The van der Waals surface area contributed by atoms with E-state index in [0.29, 0.717) is 23.0 Å². The van der Waals surface area contributed by atoms with E-state index in [9.17, 15) is 78.6 Å². The van der Waals surface area contributed by atoms with Gasteiger partial charge in [-0.2, -0.15) is 23.5 Å². The van der Waals surface area contributed by atoms with Crippen molar-refractivity contribution in [3.05, 3.63) is 228 Å². The number of aliphatic hydroxyl groups is 4. The molecule has 0 saturated carbocycles. The fourth-order valence-corrected chi connectivity index (χ4v) is 13.8. The van der Waals surface area contributed by atoms with Gasteiger partial charge in [0.15, 0.2) is 0 Å². The molecule has 582 valence electrons. The van der Waals surface area contributed by atoms with Gasteiger partial charge in [-0.25, -0.2) is 19.2 Å². The van der Waals surface area contributed by atoms with Gasteiger partial charge in [0.25, 0.3) is 35.2 Å². The van der Waals surface area contributed by atoms with Crippen LogP contribution in [0.2, 0.25) is 0 Å². The van der Waals surface area contributed by atoms with Crippen LogP contribution in [0.4, 0.5) is 0 Å². The van der Waals surface area contributed by atoms with Crippen molar-refractivity contribution >= 4 is 82.8 Å². The van der Waals surface area contributed by atoms with Gasteiger partial charge >= 0.3 is 53.4 Å². The molecule has 2 fully saturated rings. The molecular weight excluding hydrogens is 1480 g/mol. The fourth-order valence-electron chi connectivity index (χ4n) is 12.3. The standard InChI is InChI=1S/C80H88N6O22S2.Na/c1-49(87)85-65-63(105-75(97)59-21-11-5-12-22-59)45-79(77(99)100,107-69(65)67(91)61(89)47-83-73(95)57-29-25-53(26-30-57)51-17-7-3-8-18-51)103-39-15-41-109-43-37-81-71(93)55-33-35-56(36-34-55)72(94)82-38-44-110-42-16-40-104-80(78(101)102)46-64(106-76(98)60-23-13-6-14-24-60)66(86-50(2)88)70(108-80)68(92)62(90)48-84-74(96)58-31-27-54(28-32-58)52-19-9-4-10-20-52;/h3-14,17-36,61-70,89-92H,15-16,37-48H2,1-2H3,(H,81,93)(H,82,94)(H,83,95)(H,84,96)(H,85,87)(H,86,88)(H,99,100)(H,101,102);/q;+1/t61-,62-,63+,64+,65-,66-,67?,68?,69-,70-,79-,80-;/m1./s1. The second-order valence-electron chi connectivity index (χ2n) is 25.9. The van der Waals surface area contributed by atoms with Crippen molar-refractivity contribution in [2.24, 2.45) is 0 Å². The summed E-state index contributed by atoms with van der Waals surface area (Å²) in [7, 11) is 0. The first-order valence-corrected chi connectivity index (χ1v) is 37.8. The van der Waals surface area contributed by atoms with E-state index in [4.69, 9.17) is 28.4 Å². The molecule has 6 amide bonds. The molecule has 31 heteroatoms. The Bertz CT molecular complexity index is 3970. The first kappa shape index (κ1) is 87.2. The number of nitrogens with one attached hydrogen (secondary N) is 6. The number of esters is 2. The van der Waals surface area contributed by atoms with E-state index in [1.54, 1.807) is 84.9 Å². The van der Waals surface area contributed by atoms with Gasteiger partial charge in [-0.3, -0.25) is 28.8 Å². The van der Waals surface area contributed by atoms with Gasteiger partial charge in [-0.05, 0) is 119 Å². The summed E-state index contributed by atoms with van der Waals surface area (Å²) >= 11 is 2.81. The number of aliphatic carboxylic acids is 2. The molecule has 0 aromatic heterocycles. The maximum atomic E-state index is 13.5. The van der Waals surface area contributed by atoms with Crippen LogP contribution >= 0.6 is 23.5 Å². The Morgan fingerprint density at radius 3 is 1.03 bits per heavy atom. The molecule has 2 aliphatic rings. The minimum Gasteiger partial charge on any atom is -0.477 e. The van der Waals surface area contributed by atoms with Gasteiger partial charge in [-0.1, -0.05) is 121 Å². The van der Waals surface area contributed by atoms with Crippen LogP contribution < -0.4 is 61.5 Å². The van der Waals surface area contributed by atoms with Gasteiger partial charge in [0.1, 0.15) is 36.6 Å². The summed E-state index contributed by atoms with van der Waals surface area (Å²) in [6.45, 7) is 1.14. The van der Waals surface area contributed by atoms with Crippen LogP contribution in [0, 0.1) is 0 Å². The summed E-state index contributed by atoms with van der Waals surface area (Å²) in [6, 6.07) is 50.9. The molecule has 2 aliphatic heterocycles. The van der Waals surface area contributed by atoms with E-state index in [1.165, 1.54) is 72.1 Å². The van der Waals surface area contributed by atoms with E-state index in [1.807, 2.05) is 60.7 Å². The summed E-state index contributed by atoms with van der Waals surface area (Å²) in [5.41, 5.74) is 4.78. The summed E-state index contributed by atoms with van der Waals surface area (Å²) < 4.78 is 35.8. The predicted octanol–water partition coefficient (Wildman–Crippen LogP) is 2.67. The Morgan fingerprint density at radius 2 is 0.712 bits per heavy atom. The fraction of sp³-hybridized carbons (Fsp3) is 0.350. The van der Waals surface area contributed by atoms with Gasteiger partial charge in [0.05, 0.1) is 61.5 Å². The molecule has 9 rings (SSSR count). The largest absolute Gasteiger partial charge is 1.00 e. The molecule has 0 aliphatic carbocycles. The van der Waals surface area contributed by atoms with Crippen LogP contribution in [0.15, 0.2) is 194 Å². The van der Waals surface area contributed by atoms with E-state index < -0.39 is 158 Å². The number of benzene rings is 7. The summed E-state index contributed by atoms with van der Waals surface area (Å²) in [5, 5.41) is 83.7. The van der Waals surface area contributed by atoms with E-state index in [0.717, 1.165) is 36.1 Å². The Balaban J connectivity index is 0.0000155. The Labute approximate surface area is 671 Å². The average molecular weight is 1570 g/mol. The number of rotatable bonds is 38. The van der Waals surface area contributed by atoms with Crippen LogP contribution in [0.5, 0.6) is 0 Å². The van der Waals surface area contributed by atoms with Gasteiger partial charge < -0.3 is 91.0 Å². The number of aliphatic hydroxyl groups excluding tert-OH is 4. The maximum Gasteiger partial charge on any atom is 1.00 e. The normalized spacial score (nSPS) is 20.3. The molecule has 111 heavy (non-hydrogen) atoms. The number of carboxylic acid groups (broad SMARTS) is 2. The molecule has 0 spiro atoms. The van der Waals surface area contributed by atoms with E-state index in [2.05, 4.69) is 31.9 Å². The first-order valence-electron chi connectivity index (χ1n) is 35.5. The number of ether oxygens (including phenoxy) is 6. The SMILES string of the molecule is CC(=O)N[C@@H]1[C@@H](OC(=O)c2ccccc2)C[C@](OCCCSCCNC(=O)c2ccc(C(=O)NCCSCCCO[C@]3(C(=O)O)C[C@H](OC(=O)c4ccccc4)[C@@H](NC(C)=O)[C@H](C(O)[C@H](O)CNC(=O)c4ccc(-c5ccccc5)cc4)O3)cc2)(C(=O)O)O[C@H]1C(O)[C@H](O)CNC(=O)c1ccc(-c2ccccc2)cc1.[Na+]. The van der Waals surface area contributed by atoms with Crippen LogP contribution in [0.3, 0.4) is 0 Å². The van der Waals surface area contributed by atoms with Crippen molar-refractivity contribution in [3.63, 3.8) is 0 Å². The van der Waals surface area contributed by atoms with Crippen LogP contribution in [0.25, 0.3) is 22.3 Å². The molecule has 0 bridgehead atoms. The number of amides is 6. The topological polar surface area (TPSA) is 420 Å². The molecule has 2 heterocycles. The number of carbonyl (C=O) groups is 10. The third-order valence-corrected chi connectivity index (χ3v) is 20.1. The van der Waals surface area contributed by atoms with Crippen LogP contribution in [0.1, 0.15) is 102 Å². The Morgan fingerprint density at radius 1 is 0.414 bits per heavy atom. The quantitative estimate of drug-likeness (QED) is 0.0150. The Hall–Kier alpha value is -9.38. The molecule has 7 aromatic rings. The minimum atomic E-state index is -2.59. The smallest absolute Gasteiger partial charge is 0.477 e. The van der Waals surface area contributed by atoms with Gasteiger partial charge in [-0.15, -0.1) is 0 Å². The Kier molecular flexibility index (Phi) is 33.7.